The summed E-state index contributed by atoms with van der Waals surface area (Å²) in [6, 6.07) is 44.2. The Hall–Kier alpha value is -2.09. The molecule has 0 heterocycles. The van der Waals surface area contributed by atoms with Gasteiger partial charge in [0.15, 0.2) is 0 Å². The molecule has 41 heavy (non-hydrogen) atoms. The third-order valence-corrected chi connectivity index (χ3v) is 11.0. The second-order valence-corrected chi connectivity index (χ2v) is 13.0. The summed E-state index contributed by atoms with van der Waals surface area (Å²) in [5.41, 5.74) is 0. The zero-order chi connectivity index (χ0) is 28.6. The third-order valence-electron chi connectivity index (χ3n) is 5.59. The molecular weight excluding hydrogens is 609 g/mol. The van der Waals surface area contributed by atoms with Gasteiger partial charge in [-0.2, -0.15) is 0 Å². The Kier molecular flexibility index (Phi) is 16.4. The third kappa shape index (κ3) is 12.8. The molecule has 4 aromatic carbocycles. The molecule has 0 atom stereocenters. The van der Waals surface area contributed by atoms with Crippen molar-refractivity contribution < 1.29 is 39.0 Å². The second kappa shape index (κ2) is 19.2. The van der Waals surface area contributed by atoms with E-state index in [4.69, 9.17) is 0 Å². The van der Waals surface area contributed by atoms with E-state index in [1.165, 1.54) is 33.5 Å². The van der Waals surface area contributed by atoms with E-state index in [1.54, 1.807) is 0 Å². The topological polar surface area (TPSA) is 0 Å². The average molecular weight is 638 g/mol. The van der Waals surface area contributed by atoms with Crippen molar-refractivity contribution in [1.29, 1.82) is 0 Å². The van der Waals surface area contributed by atoms with Crippen molar-refractivity contribution in [1.82, 2.24) is 0 Å². The van der Waals surface area contributed by atoms with Crippen LogP contribution in [0.25, 0.3) is 0 Å². The smallest absolute Gasteiger partial charge is 0.326 e. The maximum atomic E-state index is 10.4. The summed E-state index contributed by atoms with van der Waals surface area (Å²) in [6.45, 7) is 0. The van der Waals surface area contributed by atoms with Crippen molar-refractivity contribution in [3.8, 4) is 0 Å². The predicted molar refractivity (Wildman–Crippen MR) is 161 cm³/mol. The van der Waals surface area contributed by atoms with Crippen LogP contribution < -0.4 is 21.2 Å². The minimum atomic E-state index is -5.42. The van der Waals surface area contributed by atoms with E-state index in [1.807, 2.05) is 32.1 Å². The molecule has 215 valence electrons. The first-order valence-electron chi connectivity index (χ1n) is 12.5. The normalized spacial score (nSPS) is 12.7. The molecule has 0 bridgehead atoms. The number of alkyl halides is 3. The van der Waals surface area contributed by atoms with Crippen LogP contribution in [-0.4, -0.2) is 18.5 Å². The van der Waals surface area contributed by atoms with Crippen molar-refractivity contribution >= 4 is 37.1 Å². The summed E-state index contributed by atoms with van der Waals surface area (Å²) in [6.07, 6.45) is 3.49. The van der Waals surface area contributed by atoms with E-state index in [9.17, 15) is 22.0 Å². The maximum absolute atomic E-state index is 10.4. The molecule has 4 aromatic rings. The van der Waals surface area contributed by atoms with Crippen LogP contribution >= 0.6 is 15.8 Å². The van der Waals surface area contributed by atoms with Gasteiger partial charge in [0.1, 0.15) is 6.43 Å². The molecule has 1 aliphatic carbocycles. The standard InChI is InChI=1S/C26H24P2.C5H5.C2F5.Fe/c1-5-13-23(14-6-1)27(24-15-7-2-8-16-24)21-22-28(25-17-9-3-10-18-25)26-19-11-4-12-20-26;1-2-4-5-3-1;3-1(4)2(5,6)7;/h1-20H,21-22H2;1-5H;;/q;;-1;. The molecule has 1 fully saturated rings. The van der Waals surface area contributed by atoms with Gasteiger partial charge >= 0.3 is 6.18 Å². The molecule has 0 nitrogen and oxygen atoms in total. The molecule has 0 unspecified atom stereocenters. The van der Waals surface area contributed by atoms with Gasteiger partial charge in [0.2, 0.25) is 0 Å². The molecule has 1 aliphatic rings. The summed E-state index contributed by atoms with van der Waals surface area (Å²) in [7, 11) is -0.696. The first-order chi connectivity index (χ1) is 19.4. The van der Waals surface area contributed by atoms with E-state index in [0.29, 0.717) is 0 Å². The van der Waals surface area contributed by atoms with Crippen LogP contribution in [0.1, 0.15) is 0 Å². The molecular formula is C33H29F5FeP2-. The Morgan fingerprint density at radius 3 is 0.805 bits per heavy atom. The largest absolute Gasteiger partial charge is 0.412 e. The Labute approximate surface area is 253 Å². The SMILES string of the molecule is F[C-](F)C(F)(F)F.[CH]1[CH][CH][CH][CH]1.[Fe].c1ccc(P(CCP(c2ccccc2)c2ccccc2)c2ccccc2)cc1. The van der Waals surface area contributed by atoms with Gasteiger partial charge < -0.3 is 8.78 Å². The maximum Gasteiger partial charge on any atom is 0.326 e. The number of benzene rings is 4. The molecule has 5 rings (SSSR count). The first kappa shape index (κ1) is 35.1. The van der Waals surface area contributed by atoms with Crippen molar-refractivity contribution in [2.45, 2.75) is 6.18 Å². The van der Waals surface area contributed by atoms with Crippen LogP contribution in [0, 0.1) is 38.5 Å². The molecule has 5 radical (unpaired) electrons. The second-order valence-electron chi connectivity index (χ2n) is 8.37. The number of hydrogen-bond donors (Lipinski definition) is 0. The molecule has 1 saturated carbocycles. The summed E-state index contributed by atoms with van der Waals surface area (Å²) >= 11 is 0. The van der Waals surface area contributed by atoms with E-state index >= 15 is 0 Å². The van der Waals surface area contributed by atoms with Crippen LogP contribution in [0.4, 0.5) is 22.0 Å². The zero-order valence-corrected chi connectivity index (χ0v) is 24.9. The molecule has 0 aliphatic heterocycles. The van der Waals surface area contributed by atoms with Gasteiger partial charge in [-0.1, -0.05) is 121 Å². The molecule has 0 N–H and O–H groups in total. The van der Waals surface area contributed by atoms with Crippen molar-refractivity contribution in [3.63, 3.8) is 0 Å². The number of halogens is 5. The predicted octanol–water partition coefficient (Wildman–Crippen LogP) is 8.25. The van der Waals surface area contributed by atoms with E-state index in [0.717, 1.165) is 0 Å². The zero-order valence-electron chi connectivity index (χ0n) is 22.0. The van der Waals surface area contributed by atoms with E-state index in [2.05, 4.69) is 121 Å². The van der Waals surface area contributed by atoms with Gasteiger partial charge in [0.25, 0.3) is 0 Å². The van der Waals surface area contributed by atoms with E-state index in [-0.39, 0.29) is 32.9 Å². The number of rotatable bonds is 7. The first-order valence-corrected chi connectivity index (χ1v) is 15.6. The number of hydrogen-bond acceptors (Lipinski definition) is 0. The fourth-order valence-electron chi connectivity index (χ4n) is 3.77. The van der Waals surface area contributed by atoms with Gasteiger partial charge in [0.05, 0.1) is 0 Å². The van der Waals surface area contributed by atoms with Gasteiger partial charge in [-0.3, -0.25) is 0 Å². The Morgan fingerprint density at radius 2 is 0.634 bits per heavy atom. The van der Waals surface area contributed by atoms with Crippen LogP contribution in [0.3, 0.4) is 0 Å². The van der Waals surface area contributed by atoms with Crippen molar-refractivity contribution in [2.75, 3.05) is 12.3 Å². The van der Waals surface area contributed by atoms with Gasteiger partial charge in [0, 0.05) is 17.1 Å². The average Bonchev–Trinajstić information content (AvgIpc) is 3.58. The summed E-state index contributed by atoms with van der Waals surface area (Å²) < 4.78 is 51.8. The molecule has 0 spiro atoms. The van der Waals surface area contributed by atoms with Crippen LogP contribution in [0.5, 0.6) is 0 Å². The summed E-state index contributed by atoms with van der Waals surface area (Å²) in [5, 5.41) is 5.89. The van der Waals surface area contributed by atoms with E-state index < -0.39 is 12.6 Å². The Morgan fingerprint density at radius 1 is 0.439 bits per heavy atom. The minimum Gasteiger partial charge on any atom is -0.412 e. The van der Waals surface area contributed by atoms with Crippen molar-refractivity contribution in [3.05, 3.63) is 160 Å². The van der Waals surface area contributed by atoms with Gasteiger partial charge in [-0.05, 0) is 81.5 Å². The van der Waals surface area contributed by atoms with Gasteiger partial charge in [-0.25, -0.2) is 13.2 Å². The molecule has 0 amide bonds. The summed E-state index contributed by atoms with van der Waals surface area (Å²) in [5.74, 6) is 0. The Bertz CT molecular complexity index is 1020. The minimum absolute atomic E-state index is 0. The fourth-order valence-corrected chi connectivity index (χ4v) is 9.12. The van der Waals surface area contributed by atoms with Crippen LogP contribution in [0.2, 0.25) is 0 Å². The van der Waals surface area contributed by atoms with Crippen LogP contribution in [0.15, 0.2) is 121 Å². The monoisotopic (exact) mass is 638 g/mol. The molecule has 0 saturated heterocycles. The quantitative estimate of drug-likeness (QED) is 0.0829. The fraction of sp³-hybridized carbons (Fsp3) is 0.0909. The Balaban J connectivity index is 0.000000378. The van der Waals surface area contributed by atoms with Gasteiger partial charge in [-0.15, -0.1) is 0 Å². The summed E-state index contributed by atoms with van der Waals surface area (Å²) in [4.78, 5) is 0. The molecule has 0 aromatic heterocycles. The van der Waals surface area contributed by atoms with Crippen LogP contribution in [-0.2, 0) is 17.1 Å². The van der Waals surface area contributed by atoms with Crippen molar-refractivity contribution in [2.24, 2.45) is 0 Å². The molecule has 8 heteroatoms.